The van der Waals surface area contributed by atoms with Crippen molar-refractivity contribution < 1.29 is 9.59 Å². The van der Waals surface area contributed by atoms with Gasteiger partial charge in [0.15, 0.2) is 0 Å². The number of piperidine rings is 1. The van der Waals surface area contributed by atoms with Crippen LogP contribution in [0.5, 0.6) is 0 Å². The fourth-order valence-corrected chi connectivity index (χ4v) is 4.55. The highest BCUT2D eigenvalue weighted by atomic mass is 16.2. The van der Waals surface area contributed by atoms with Crippen LogP contribution >= 0.6 is 0 Å². The van der Waals surface area contributed by atoms with Crippen LogP contribution in [0, 0.1) is 18.8 Å². The molecule has 4 heteroatoms. The minimum atomic E-state index is 0.208. The van der Waals surface area contributed by atoms with Crippen LogP contribution in [0.15, 0.2) is 24.3 Å². The lowest BCUT2D eigenvalue weighted by Gasteiger charge is -2.36. The van der Waals surface area contributed by atoms with Gasteiger partial charge < -0.3 is 9.80 Å². The van der Waals surface area contributed by atoms with Crippen molar-refractivity contribution in [3.05, 3.63) is 35.4 Å². The third-order valence-corrected chi connectivity index (χ3v) is 6.40. The lowest BCUT2D eigenvalue weighted by Crippen LogP contribution is -2.48. The number of fused-ring (bicyclic) bond motifs is 4. The third-order valence-electron chi connectivity index (χ3n) is 6.40. The van der Waals surface area contributed by atoms with Crippen molar-refractivity contribution in [2.75, 3.05) is 19.6 Å². The smallest absolute Gasteiger partial charge is 0.227 e. The summed E-state index contributed by atoms with van der Waals surface area (Å²) in [6.45, 7) is 4.48. The van der Waals surface area contributed by atoms with Gasteiger partial charge in [0, 0.05) is 31.6 Å². The molecule has 25 heavy (non-hydrogen) atoms. The van der Waals surface area contributed by atoms with E-state index < -0.39 is 0 Å². The molecule has 4 aliphatic rings. The van der Waals surface area contributed by atoms with Crippen molar-refractivity contribution in [2.45, 2.75) is 51.5 Å². The predicted molar refractivity (Wildman–Crippen MR) is 97.0 cm³/mol. The van der Waals surface area contributed by atoms with E-state index in [0.29, 0.717) is 18.2 Å². The lowest BCUT2D eigenvalue weighted by molar-refractivity contribution is -0.139. The molecule has 1 aliphatic carbocycles. The lowest BCUT2D eigenvalue weighted by atomic mass is 9.84. The van der Waals surface area contributed by atoms with Crippen molar-refractivity contribution >= 4 is 11.8 Å². The van der Waals surface area contributed by atoms with Crippen LogP contribution in [-0.2, 0) is 16.0 Å². The molecule has 0 N–H and O–H groups in total. The van der Waals surface area contributed by atoms with E-state index in [1.807, 2.05) is 12.1 Å². The van der Waals surface area contributed by atoms with Gasteiger partial charge in [-0.3, -0.25) is 9.59 Å². The molecule has 2 atom stereocenters. The summed E-state index contributed by atoms with van der Waals surface area (Å²) in [4.78, 5) is 29.8. The summed E-state index contributed by atoms with van der Waals surface area (Å²) >= 11 is 0. The molecule has 3 heterocycles. The van der Waals surface area contributed by atoms with Crippen LogP contribution in [0.4, 0.5) is 0 Å². The van der Waals surface area contributed by atoms with Gasteiger partial charge in [0.05, 0.1) is 6.42 Å². The molecule has 0 radical (unpaired) electrons. The average Bonchev–Trinajstić information content (AvgIpc) is 2.87. The van der Waals surface area contributed by atoms with E-state index in [2.05, 4.69) is 28.9 Å². The van der Waals surface area contributed by atoms with Gasteiger partial charge >= 0.3 is 0 Å². The van der Waals surface area contributed by atoms with Crippen LogP contribution < -0.4 is 0 Å². The summed E-state index contributed by atoms with van der Waals surface area (Å²) in [7, 11) is 0. The molecule has 1 aromatic rings. The molecule has 5 rings (SSSR count). The molecule has 0 aromatic heterocycles. The minimum absolute atomic E-state index is 0.208. The molecule has 0 unspecified atom stereocenters. The van der Waals surface area contributed by atoms with Gasteiger partial charge in [-0.15, -0.1) is 0 Å². The van der Waals surface area contributed by atoms with Crippen molar-refractivity contribution in [1.29, 1.82) is 0 Å². The Morgan fingerprint density at radius 1 is 1.04 bits per heavy atom. The summed E-state index contributed by atoms with van der Waals surface area (Å²) in [6, 6.07) is 8.34. The number of hydrogen-bond donors (Lipinski definition) is 0. The zero-order valence-electron chi connectivity index (χ0n) is 15.1. The number of nitrogens with zero attached hydrogens (tertiary/aromatic N) is 2. The minimum Gasteiger partial charge on any atom is -0.340 e. The van der Waals surface area contributed by atoms with Gasteiger partial charge in [-0.1, -0.05) is 30.7 Å². The summed E-state index contributed by atoms with van der Waals surface area (Å²) < 4.78 is 0. The monoisotopic (exact) mass is 340 g/mol. The molecule has 3 aliphatic heterocycles. The molecular formula is C21H28N2O2. The molecule has 4 nitrogen and oxygen atoms in total. The second-order valence-corrected chi connectivity index (χ2v) is 8.12. The predicted octanol–water partition coefficient (Wildman–Crippen LogP) is 2.79. The van der Waals surface area contributed by atoms with Crippen molar-refractivity contribution in [1.82, 2.24) is 9.80 Å². The maximum absolute atomic E-state index is 13.0. The van der Waals surface area contributed by atoms with Crippen LogP contribution in [0.1, 0.15) is 43.2 Å². The number of rotatable bonds is 3. The molecule has 2 amide bonds. The van der Waals surface area contributed by atoms with E-state index in [1.165, 1.54) is 12.0 Å². The van der Waals surface area contributed by atoms with Crippen LogP contribution in [0.25, 0.3) is 0 Å². The van der Waals surface area contributed by atoms with E-state index in [9.17, 15) is 9.59 Å². The Morgan fingerprint density at radius 2 is 1.84 bits per heavy atom. The summed E-state index contributed by atoms with van der Waals surface area (Å²) in [5, 5.41) is 0. The Morgan fingerprint density at radius 3 is 2.56 bits per heavy atom. The molecule has 134 valence electrons. The maximum atomic E-state index is 13.0. The van der Waals surface area contributed by atoms with Gasteiger partial charge in [-0.2, -0.15) is 0 Å². The van der Waals surface area contributed by atoms with Gasteiger partial charge in [0.25, 0.3) is 0 Å². The van der Waals surface area contributed by atoms with Crippen LogP contribution in [0.3, 0.4) is 0 Å². The largest absolute Gasteiger partial charge is 0.340 e. The number of carbonyl (C=O) groups excluding carboxylic acids is 2. The number of carbonyl (C=O) groups is 2. The SMILES string of the molecule is Cc1ccccc1CC(=O)N1C[C@H]2CC[C@@H]1CN(C(=O)C1CCC1)C2. The third kappa shape index (κ3) is 3.31. The Kier molecular flexibility index (Phi) is 4.53. The van der Waals surface area contributed by atoms with Gasteiger partial charge in [0.2, 0.25) is 11.8 Å². The normalized spacial score (nSPS) is 26.3. The first-order valence-corrected chi connectivity index (χ1v) is 9.74. The molecular weight excluding hydrogens is 312 g/mol. The Bertz CT molecular complexity index is 668. The van der Waals surface area contributed by atoms with Gasteiger partial charge in [-0.05, 0) is 49.7 Å². The number of aryl methyl sites for hydroxylation is 1. The Balaban J connectivity index is 1.45. The molecule has 4 fully saturated rings. The highest BCUT2D eigenvalue weighted by Crippen LogP contribution is 2.33. The number of hydrogen-bond acceptors (Lipinski definition) is 2. The van der Waals surface area contributed by atoms with Gasteiger partial charge in [0.1, 0.15) is 0 Å². The second-order valence-electron chi connectivity index (χ2n) is 8.12. The van der Waals surface area contributed by atoms with Crippen LogP contribution in [0.2, 0.25) is 0 Å². The summed E-state index contributed by atoms with van der Waals surface area (Å²) in [5.41, 5.74) is 2.30. The molecule has 2 bridgehead atoms. The van der Waals surface area contributed by atoms with E-state index in [-0.39, 0.29) is 17.9 Å². The molecule has 3 saturated heterocycles. The fraction of sp³-hybridized carbons (Fsp3) is 0.619. The Labute approximate surface area is 150 Å². The maximum Gasteiger partial charge on any atom is 0.227 e. The first-order valence-electron chi connectivity index (χ1n) is 9.74. The van der Waals surface area contributed by atoms with E-state index in [4.69, 9.17) is 0 Å². The first kappa shape index (κ1) is 16.6. The standard InChI is InChI=1S/C21H28N2O2/c1-15-5-2-3-6-18(15)11-20(24)23-13-16-9-10-19(23)14-22(12-16)21(25)17-7-4-8-17/h2-3,5-6,16-17,19H,4,7-14H2,1H3/t16-,19+/m0/s1. The summed E-state index contributed by atoms with van der Waals surface area (Å²) in [5.74, 6) is 1.27. The first-order chi connectivity index (χ1) is 12.1. The quantitative estimate of drug-likeness (QED) is 0.849. The van der Waals surface area contributed by atoms with Crippen molar-refractivity contribution in [2.24, 2.45) is 11.8 Å². The Hall–Kier alpha value is -1.84. The highest BCUT2D eigenvalue weighted by Gasteiger charge is 2.40. The van der Waals surface area contributed by atoms with Crippen molar-refractivity contribution in [3.8, 4) is 0 Å². The summed E-state index contributed by atoms with van der Waals surface area (Å²) in [6.07, 6.45) is 5.97. The van der Waals surface area contributed by atoms with E-state index in [1.54, 1.807) is 0 Å². The molecule has 1 saturated carbocycles. The van der Waals surface area contributed by atoms with E-state index in [0.717, 1.165) is 50.9 Å². The average molecular weight is 340 g/mol. The number of amides is 2. The fourth-order valence-electron chi connectivity index (χ4n) is 4.55. The van der Waals surface area contributed by atoms with Crippen molar-refractivity contribution in [3.63, 3.8) is 0 Å². The van der Waals surface area contributed by atoms with Crippen LogP contribution in [-0.4, -0.2) is 47.3 Å². The zero-order valence-corrected chi connectivity index (χ0v) is 15.1. The molecule has 0 spiro atoms. The van der Waals surface area contributed by atoms with E-state index >= 15 is 0 Å². The zero-order chi connectivity index (χ0) is 17.4. The number of benzene rings is 1. The van der Waals surface area contributed by atoms with Gasteiger partial charge in [-0.25, -0.2) is 0 Å². The molecule has 1 aromatic carbocycles. The highest BCUT2D eigenvalue weighted by molar-refractivity contribution is 5.81. The second kappa shape index (κ2) is 6.81. The topological polar surface area (TPSA) is 40.6 Å².